The minimum atomic E-state index is 0.518. The van der Waals surface area contributed by atoms with Gasteiger partial charge < -0.3 is 5.73 Å². The molecule has 88 valence electrons. The van der Waals surface area contributed by atoms with Crippen molar-refractivity contribution < 1.29 is 0 Å². The van der Waals surface area contributed by atoms with Gasteiger partial charge in [0.2, 0.25) is 0 Å². The van der Waals surface area contributed by atoms with Crippen LogP contribution in [0.1, 0.15) is 64.7 Å². The third kappa shape index (κ3) is 2.96. The fourth-order valence-electron chi connectivity index (χ4n) is 3.40. The van der Waals surface area contributed by atoms with E-state index in [2.05, 4.69) is 6.92 Å². The van der Waals surface area contributed by atoms with Crippen molar-refractivity contribution >= 4 is 0 Å². The Hall–Kier alpha value is -0.0400. The van der Waals surface area contributed by atoms with E-state index in [0.717, 1.165) is 17.8 Å². The summed E-state index contributed by atoms with van der Waals surface area (Å²) in [5.41, 5.74) is 6.38. The Morgan fingerprint density at radius 1 is 1.07 bits per heavy atom. The molecule has 0 amide bonds. The van der Waals surface area contributed by atoms with Gasteiger partial charge in [0, 0.05) is 6.04 Å². The van der Waals surface area contributed by atoms with Crippen molar-refractivity contribution in [2.45, 2.75) is 70.8 Å². The Morgan fingerprint density at radius 2 is 1.73 bits per heavy atom. The standard InChI is InChI=1S/C14H27N/c1-2-11-5-4-8-13(9-11)14(15)10-12-6-3-7-12/h11-14H,2-10,15H2,1H3. The molecule has 0 aromatic rings. The second kappa shape index (κ2) is 5.34. The minimum Gasteiger partial charge on any atom is -0.327 e. The smallest absolute Gasteiger partial charge is 0.00699 e. The van der Waals surface area contributed by atoms with E-state index in [4.69, 9.17) is 5.73 Å². The molecule has 1 heteroatoms. The quantitative estimate of drug-likeness (QED) is 0.750. The fraction of sp³-hybridized carbons (Fsp3) is 1.00. The van der Waals surface area contributed by atoms with Gasteiger partial charge in [-0.25, -0.2) is 0 Å². The van der Waals surface area contributed by atoms with Crippen LogP contribution in [0.3, 0.4) is 0 Å². The summed E-state index contributed by atoms with van der Waals surface area (Å²) in [6.45, 7) is 2.34. The average molecular weight is 209 g/mol. The first kappa shape index (κ1) is 11.4. The summed E-state index contributed by atoms with van der Waals surface area (Å²) in [6, 6.07) is 0.518. The van der Waals surface area contributed by atoms with Crippen molar-refractivity contribution in [3.05, 3.63) is 0 Å². The predicted octanol–water partition coefficient (Wildman–Crippen LogP) is 3.72. The SMILES string of the molecule is CCC1CCCC(C(N)CC2CCC2)C1. The zero-order valence-electron chi connectivity index (χ0n) is 10.3. The fourth-order valence-corrected chi connectivity index (χ4v) is 3.40. The molecule has 0 aromatic carbocycles. The molecule has 3 unspecified atom stereocenters. The largest absolute Gasteiger partial charge is 0.327 e. The van der Waals surface area contributed by atoms with Gasteiger partial charge in [0.1, 0.15) is 0 Å². The molecular formula is C14H27N. The van der Waals surface area contributed by atoms with Crippen LogP contribution in [0.4, 0.5) is 0 Å². The Bertz CT molecular complexity index is 186. The van der Waals surface area contributed by atoms with Crippen molar-refractivity contribution in [1.29, 1.82) is 0 Å². The maximum absolute atomic E-state index is 6.38. The van der Waals surface area contributed by atoms with E-state index in [1.165, 1.54) is 57.8 Å². The number of rotatable bonds is 4. The van der Waals surface area contributed by atoms with Gasteiger partial charge in [-0.15, -0.1) is 0 Å². The maximum atomic E-state index is 6.38. The molecule has 0 aliphatic heterocycles. The molecule has 0 aromatic heterocycles. The molecule has 1 nitrogen and oxygen atoms in total. The third-order valence-corrected chi connectivity index (χ3v) is 4.84. The number of hydrogen-bond acceptors (Lipinski definition) is 1. The Morgan fingerprint density at radius 3 is 2.33 bits per heavy atom. The van der Waals surface area contributed by atoms with Gasteiger partial charge in [0.15, 0.2) is 0 Å². The highest BCUT2D eigenvalue weighted by Gasteiger charge is 2.28. The minimum absolute atomic E-state index is 0.518. The number of nitrogens with two attached hydrogens (primary N) is 1. The van der Waals surface area contributed by atoms with E-state index in [1.54, 1.807) is 0 Å². The molecule has 2 aliphatic carbocycles. The van der Waals surface area contributed by atoms with E-state index < -0.39 is 0 Å². The topological polar surface area (TPSA) is 26.0 Å². The van der Waals surface area contributed by atoms with Crippen LogP contribution >= 0.6 is 0 Å². The molecule has 0 bridgehead atoms. The molecule has 3 atom stereocenters. The summed E-state index contributed by atoms with van der Waals surface area (Å²) in [4.78, 5) is 0. The zero-order valence-corrected chi connectivity index (χ0v) is 10.3. The number of hydrogen-bond donors (Lipinski definition) is 1. The highest BCUT2D eigenvalue weighted by molar-refractivity contribution is 4.83. The first-order chi connectivity index (χ1) is 7.29. The van der Waals surface area contributed by atoms with Gasteiger partial charge in [0.05, 0.1) is 0 Å². The summed E-state index contributed by atoms with van der Waals surface area (Å²) in [6.07, 6.45) is 12.8. The molecule has 0 heterocycles. The van der Waals surface area contributed by atoms with Crippen molar-refractivity contribution in [3.8, 4) is 0 Å². The normalized spacial score (nSPS) is 34.8. The van der Waals surface area contributed by atoms with Crippen LogP contribution in [0.2, 0.25) is 0 Å². The molecule has 2 rings (SSSR count). The summed E-state index contributed by atoms with van der Waals surface area (Å²) < 4.78 is 0. The van der Waals surface area contributed by atoms with Gasteiger partial charge in [-0.05, 0) is 37.0 Å². The molecule has 0 saturated heterocycles. The molecule has 2 saturated carbocycles. The van der Waals surface area contributed by atoms with Crippen LogP contribution in [0.15, 0.2) is 0 Å². The van der Waals surface area contributed by atoms with Crippen molar-refractivity contribution in [1.82, 2.24) is 0 Å². The maximum Gasteiger partial charge on any atom is 0.00699 e. The van der Waals surface area contributed by atoms with E-state index >= 15 is 0 Å². The summed E-state index contributed by atoms with van der Waals surface area (Å²) >= 11 is 0. The van der Waals surface area contributed by atoms with Crippen LogP contribution in [0, 0.1) is 17.8 Å². The summed E-state index contributed by atoms with van der Waals surface area (Å²) in [5, 5.41) is 0. The van der Waals surface area contributed by atoms with E-state index in [-0.39, 0.29) is 0 Å². The lowest BCUT2D eigenvalue weighted by Crippen LogP contribution is -2.36. The lowest BCUT2D eigenvalue weighted by atomic mass is 9.72. The highest BCUT2D eigenvalue weighted by atomic mass is 14.7. The first-order valence-electron chi connectivity index (χ1n) is 7.05. The van der Waals surface area contributed by atoms with Crippen LogP contribution in [-0.4, -0.2) is 6.04 Å². The first-order valence-corrected chi connectivity index (χ1v) is 7.05. The van der Waals surface area contributed by atoms with E-state index in [9.17, 15) is 0 Å². The van der Waals surface area contributed by atoms with Gasteiger partial charge in [0.25, 0.3) is 0 Å². The Labute approximate surface area is 94.8 Å². The molecule has 2 N–H and O–H groups in total. The van der Waals surface area contributed by atoms with Gasteiger partial charge in [-0.3, -0.25) is 0 Å². The lowest BCUT2D eigenvalue weighted by Gasteiger charge is -2.36. The molecule has 0 spiro atoms. The van der Waals surface area contributed by atoms with Crippen molar-refractivity contribution in [3.63, 3.8) is 0 Å². The third-order valence-electron chi connectivity index (χ3n) is 4.84. The van der Waals surface area contributed by atoms with Crippen LogP contribution in [0.25, 0.3) is 0 Å². The molecule has 15 heavy (non-hydrogen) atoms. The zero-order chi connectivity index (χ0) is 10.7. The van der Waals surface area contributed by atoms with E-state index in [0.29, 0.717) is 6.04 Å². The van der Waals surface area contributed by atoms with Crippen LogP contribution < -0.4 is 5.73 Å². The van der Waals surface area contributed by atoms with Gasteiger partial charge in [-0.1, -0.05) is 45.4 Å². The van der Waals surface area contributed by atoms with Crippen LogP contribution in [0.5, 0.6) is 0 Å². The monoisotopic (exact) mass is 209 g/mol. The Kier molecular flexibility index (Phi) is 4.07. The van der Waals surface area contributed by atoms with Gasteiger partial charge >= 0.3 is 0 Å². The Balaban J connectivity index is 1.75. The molecule has 2 fully saturated rings. The van der Waals surface area contributed by atoms with Crippen molar-refractivity contribution in [2.24, 2.45) is 23.5 Å². The van der Waals surface area contributed by atoms with Gasteiger partial charge in [-0.2, -0.15) is 0 Å². The highest BCUT2D eigenvalue weighted by Crippen LogP contribution is 2.37. The van der Waals surface area contributed by atoms with Crippen LogP contribution in [-0.2, 0) is 0 Å². The molecule has 0 radical (unpaired) electrons. The molecular weight excluding hydrogens is 182 g/mol. The second-order valence-electron chi connectivity index (χ2n) is 5.90. The predicted molar refractivity (Wildman–Crippen MR) is 65.7 cm³/mol. The van der Waals surface area contributed by atoms with E-state index in [1.807, 2.05) is 0 Å². The molecule has 2 aliphatic rings. The summed E-state index contributed by atoms with van der Waals surface area (Å²) in [7, 11) is 0. The summed E-state index contributed by atoms with van der Waals surface area (Å²) in [5.74, 6) is 2.82. The lowest BCUT2D eigenvalue weighted by molar-refractivity contribution is 0.187. The van der Waals surface area contributed by atoms with Crippen molar-refractivity contribution in [2.75, 3.05) is 0 Å². The second-order valence-corrected chi connectivity index (χ2v) is 5.90. The average Bonchev–Trinajstić information content (AvgIpc) is 2.23.